The molecule has 37 heavy (non-hydrogen) atoms. The lowest BCUT2D eigenvalue weighted by atomic mass is 9.89. The molecule has 4 aromatic heterocycles. The fourth-order valence-corrected chi connectivity index (χ4v) is 4.44. The number of pyridine rings is 1. The molecule has 196 valence electrons. The molecule has 1 unspecified atom stereocenters. The highest BCUT2D eigenvalue weighted by Crippen LogP contribution is 2.44. The van der Waals surface area contributed by atoms with Gasteiger partial charge >= 0.3 is 5.97 Å². The van der Waals surface area contributed by atoms with Crippen molar-refractivity contribution in [3.05, 3.63) is 57.9 Å². The van der Waals surface area contributed by atoms with Crippen LogP contribution in [0, 0.1) is 0 Å². The maximum Gasteiger partial charge on any atom is 0.360 e. The number of hydrogen-bond donors (Lipinski definition) is 1. The van der Waals surface area contributed by atoms with Gasteiger partial charge in [-0.25, -0.2) is 19.3 Å². The van der Waals surface area contributed by atoms with Gasteiger partial charge in [0.05, 0.1) is 35.9 Å². The zero-order valence-electron chi connectivity index (χ0n) is 21.4. The van der Waals surface area contributed by atoms with Crippen molar-refractivity contribution in [2.24, 2.45) is 0 Å². The monoisotopic (exact) mass is 546 g/mol. The van der Waals surface area contributed by atoms with Crippen LogP contribution in [0.25, 0.3) is 11.5 Å². The molecule has 0 aliphatic heterocycles. The molecule has 5 rings (SSSR count). The Kier molecular flexibility index (Phi) is 8.82. The Labute approximate surface area is 224 Å². The van der Waals surface area contributed by atoms with Crippen molar-refractivity contribution < 1.29 is 14.3 Å². The summed E-state index contributed by atoms with van der Waals surface area (Å²) in [7, 11) is 3.03. The van der Waals surface area contributed by atoms with E-state index in [1.54, 1.807) is 36.1 Å². The lowest BCUT2D eigenvalue weighted by molar-refractivity contribution is -0.109. The van der Waals surface area contributed by atoms with Gasteiger partial charge < -0.3 is 14.8 Å². The zero-order chi connectivity index (χ0) is 27.3. The Hall–Kier alpha value is -3.57. The summed E-state index contributed by atoms with van der Waals surface area (Å²) in [5.41, 5.74) is 3.52. The highest BCUT2D eigenvalue weighted by molar-refractivity contribution is 6.32. The summed E-state index contributed by atoms with van der Waals surface area (Å²) in [5, 5.41) is 15.8. The third kappa shape index (κ3) is 5.72. The molecule has 1 aliphatic carbocycles. The van der Waals surface area contributed by atoms with E-state index in [9.17, 15) is 9.59 Å². The van der Waals surface area contributed by atoms with E-state index in [0.29, 0.717) is 16.0 Å². The topological polar surface area (TPSA) is 129 Å². The largest absolute Gasteiger partial charge is 0.464 e. The summed E-state index contributed by atoms with van der Waals surface area (Å²) in [5.74, 6) is -0.310. The number of fused-ring (bicyclic) bond motifs is 3. The summed E-state index contributed by atoms with van der Waals surface area (Å²) in [4.78, 5) is 31.9. The first-order valence-electron chi connectivity index (χ1n) is 11.5. The van der Waals surface area contributed by atoms with Crippen LogP contribution in [0.3, 0.4) is 0 Å². The maximum atomic E-state index is 11.2. The van der Waals surface area contributed by atoms with E-state index in [-0.39, 0.29) is 17.0 Å². The molecule has 0 spiro atoms. The van der Waals surface area contributed by atoms with Crippen molar-refractivity contribution in [2.45, 2.75) is 45.4 Å². The third-order valence-corrected chi connectivity index (χ3v) is 6.07. The molecule has 0 radical (unpaired) electrons. The number of nitrogens with one attached hydrogen (secondary N) is 1. The number of carbonyl (C=O) groups is 2. The van der Waals surface area contributed by atoms with Gasteiger partial charge in [-0.05, 0) is 12.5 Å². The molecule has 0 fully saturated rings. The molecule has 0 saturated heterocycles. The van der Waals surface area contributed by atoms with Gasteiger partial charge in [0.2, 0.25) is 0 Å². The normalized spacial score (nSPS) is 15.1. The van der Waals surface area contributed by atoms with Crippen molar-refractivity contribution in [3.8, 4) is 5.82 Å². The van der Waals surface area contributed by atoms with Gasteiger partial charge in [-0.3, -0.25) is 0 Å². The first kappa shape index (κ1) is 28.0. The van der Waals surface area contributed by atoms with Gasteiger partial charge in [0, 0.05) is 36.2 Å². The summed E-state index contributed by atoms with van der Waals surface area (Å²) >= 11 is 12.0. The fourth-order valence-electron chi connectivity index (χ4n) is 4.02. The van der Waals surface area contributed by atoms with Gasteiger partial charge in [-0.1, -0.05) is 50.9 Å². The zero-order valence-corrected chi connectivity index (χ0v) is 22.9. The average molecular weight is 547 g/mol. The number of carbonyl (C=O) groups excluding carboxylic acids is 2. The third-order valence-electron chi connectivity index (χ3n) is 5.60. The minimum Gasteiger partial charge on any atom is -0.464 e. The van der Waals surface area contributed by atoms with Crippen molar-refractivity contribution in [3.63, 3.8) is 0 Å². The molecule has 13 heteroatoms. The van der Waals surface area contributed by atoms with E-state index in [1.807, 2.05) is 13.8 Å². The number of nitrogens with zero attached hydrogens (tertiary/aromatic N) is 7. The molecule has 0 aromatic carbocycles. The van der Waals surface area contributed by atoms with Gasteiger partial charge in [-0.2, -0.15) is 10.2 Å². The predicted octanol–water partition coefficient (Wildman–Crippen LogP) is 4.52. The Bertz CT molecular complexity index is 1420. The van der Waals surface area contributed by atoms with Gasteiger partial charge in [-0.15, -0.1) is 9.90 Å². The Morgan fingerprint density at radius 2 is 1.89 bits per heavy atom. The second-order valence-electron chi connectivity index (χ2n) is 8.42. The Morgan fingerprint density at radius 3 is 2.51 bits per heavy atom. The van der Waals surface area contributed by atoms with E-state index in [2.05, 4.69) is 49.2 Å². The number of hydrogen-bond acceptors (Lipinski definition) is 9. The van der Waals surface area contributed by atoms with E-state index in [1.165, 1.54) is 18.1 Å². The molecular weight excluding hydrogens is 519 g/mol. The summed E-state index contributed by atoms with van der Waals surface area (Å²) in [6.07, 6.45) is 6.44. The predicted molar refractivity (Wildman–Crippen MR) is 141 cm³/mol. The minimum atomic E-state index is -0.566. The van der Waals surface area contributed by atoms with Crippen LogP contribution in [0.2, 0.25) is 10.2 Å². The number of esters is 1. The molecule has 0 bridgehead atoms. The maximum absolute atomic E-state index is 11.2. The molecule has 4 heterocycles. The Morgan fingerprint density at radius 1 is 1.16 bits per heavy atom. The van der Waals surface area contributed by atoms with Crippen LogP contribution in [0.5, 0.6) is 0 Å². The molecule has 0 saturated carbocycles. The van der Waals surface area contributed by atoms with Gasteiger partial charge in [0.15, 0.2) is 22.3 Å². The van der Waals surface area contributed by atoms with Crippen LogP contribution in [0.4, 0.5) is 5.69 Å². The average Bonchev–Trinajstić information content (AvgIpc) is 3.59. The highest BCUT2D eigenvalue weighted by Gasteiger charge is 2.39. The SMILES string of the molecule is CC.CC1(C)CC(C=O)c2cnc3cc(Cl)nn3c21.CNc1cnc(-n2ncc(C(=O)OC)n2)c(Cl)c1. The standard InChI is InChI=1S/C12H12ClN3O.C10H10ClN5O2.C2H6/c1-12(2)4-7(6-17)8-5-14-10-3-9(13)15-16(10)11(8)12;1-12-6-3-7(11)9(13-4-6)16-14-5-8(15-16)10(17)18-2;1-2/h3,5-7H,4H2,1-2H3;3-5,12H,1-2H3;1-2H3. The molecule has 1 N–H and O–H groups in total. The van der Waals surface area contributed by atoms with Gasteiger partial charge in [0.25, 0.3) is 0 Å². The fraction of sp³-hybridized carbons (Fsp3) is 0.375. The van der Waals surface area contributed by atoms with Crippen LogP contribution >= 0.6 is 23.2 Å². The smallest absolute Gasteiger partial charge is 0.360 e. The summed E-state index contributed by atoms with van der Waals surface area (Å²) < 4.78 is 6.30. The second kappa shape index (κ2) is 11.7. The molecular formula is C24H28Cl2N8O3. The first-order valence-corrected chi connectivity index (χ1v) is 12.3. The molecule has 4 aromatic rings. The van der Waals surface area contributed by atoms with Crippen molar-refractivity contribution in [2.75, 3.05) is 19.5 Å². The summed E-state index contributed by atoms with van der Waals surface area (Å²) in [6, 6.07) is 3.41. The van der Waals surface area contributed by atoms with Crippen LogP contribution in [-0.4, -0.2) is 61.0 Å². The molecule has 1 atom stereocenters. The number of anilines is 1. The molecule has 0 amide bonds. The highest BCUT2D eigenvalue weighted by atomic mass is 35.5. The van der Waals surface area contributed by atoms with E-state index < -0.39 is 5.97 Å². The van der Waals surface area contributed by atoms with Gasteiger partial charge in [0.1, 0.15) is 6.29 Å². The lowest BCUT2D eigenvalue weighted by Crippen LogP contribution is -2.17. The number of aldehydes is 1. The lowest BCUT2D eigenvalue weighted by Gasteiger charge is -2.19. The van der Waals surface area contributed by atoms with Crippen molar-refractivity contribution >= 4 is 46.8 Å². The number of rotatable bonds is 4. The van der Waals surface area contributed by atoms with Crippen molar-refractivity contribution in [1.82, 2.24) is 34.6 Å². The van der Waals surface area contributed by atoms with Crippen LogP contribution in [-0.2, 0) is 14.9 Å². The number of ether oxygens (including phenoxy) is 1. The summed E-state index contributed by atoms with van der Waals surface area (Å²) in [6.45, 7) is 8.23. The van der Waals surface area contributed by atoms with Crippen LogP contribution < -0.4 is 5.32 Å². The Balaban J connectivity index is 0.000000193. The number of halogens is 2. The quantitative estimate of drug-likeness (QED) is 0.290. The van der Waals surface area contributed by atoms with Crippen LogP contribution in [0.15, 0.2) is 30.7 Å². The first-order chi connectivity index (χ1) is 17.7. The molecule has 11 nitrogen and oxygen atoms in total. The van der Waals surface area contributed by atoms with Crippen LogP contribution in [0.1, 0.15) is 61.8 Å². The van der Waals surface area contributed by atoms with Crippen molar-refractivity contribution in [1.29, 1.82) is 0 Å². The van der Waals surface area contributed by atoms with E-state index in [4.69, 9.17) is 23.2 Å². The number of aromatic nitrogens is 7. The second-order valence-corrected chi connectivity index (χ2v) is 9.21. The number of methoxy groups -OCH3 is 1. The molecule has 1 aliphatic rings. The van der Waals surface area contributed by atoms with E-state index >= 15 is 0 Å². The van der Waals surface area contributed by atoms with E-state index in [0.717, 1.165) is 35.3 Å². The minimum absolute atomic E-state index is 0.0834.